The van der Waals surface area contributed by atoms with Gasteiger partial charge in [-0.15, -0.1) is 0 Å². The van der Waals surface area contributed by atoms with Gasteiger partial charge in [-0.25, -0.2) is 4.39 Å². The maximum absolute atomic E-state index is 14.0. The van der Waals surface area contributed by atoms with Gasteiger partial charge in [0.1, 0.15) is 5.82 Å². The summed E-state index contributed by atoms with van der Waals surface area (Å²) in [6.45, 7) is 2.72. The number of hydrogen-bond donors (Lipinski definition) is 1. The Morgan fingerprint density at radius 2 is 1.89 bits per heavy atom. The molecule has 1 aliphatic rings. The summed E-state index contributed by atoms with van der Waals surface area (Å²) in [4.78, 5) is 2.19. The first-order valence-electron chi connectivity index (χ1n) is 9.64. The summed E-state index contributed by atoms with van der Waals surface area (Å²) >= 11 is 6.08. The van der Waals surface area contributed by atoms with E-state index in [1.165, 1.54) is 11.1 Å². The normalized spacial score (nSPS) is 25.7. The van der Waals surface area contributed by atoms with Gasteiger partial charge in [-0.1, -0.05) is 35.9 Å². The van der Waals surface area contributed by atoms with Crippen molar-refractivity contribution in [1.82, 2.24) is 4.90 Å². The zero-order valence-corrected chi connectivity index (χ0v) is 17.1. The third-order valence-electron chi connectivity index (χ3n) is 6.01. The van der Waals surface area contributed by atoms with Gasteiger partial charge in [0, 0.05) is 17.0 Å². The number of aliphatic hydroxyl groups is 1. The van der Waals surface area contributed by atoms with Gasteiger partial charge in [0.15, 0.2) is 0 Å². The van der Waals surface area contributed by atoms with Gasteiger partial charge in [0.05, 0.1) is 6.10 Å². The van der Waals surface area contributed by atoms with Gasteiger partial charge in [-0.3, -0.25) is 0 Å². The van der Waals surface area contributed by atoms with Crippen molar-refractivity contribution >= 4 is 11.6 Å². The first kappa shape index (κ1) is 20.3. The number of aliphatic hydroxyl groups excluding tert-OH is 1. The van der Waals surface area contributed by atoms with Crippen LogP contribution in [0.25, 0.3) is 0 Å². The third-order valence-corrected chi connectivity index (χ3v) is 6.26. The Morgan fingerprint density at radius 1 is 1.19 bits per heavy atom. The average Bonchev–Trinajstić information content (AvgIpc) is 2.61. The lowest BCUT2D eigenvalue weighted by Gasteiger charge is -2.47. The van der Waals surface area contributed by atoms with E-state index in [-0.39, 0.29) is 23.3 Å². The Kier molecular flexibility index (Phi) is 6.25. The van der Waals surface area contributed by atoms with Crippen molar-refractivity contribution in [1.29, 1.82) is 0 Å². The van der Waals surface area contributed by atoms with Crippen LogP contribution in [-0.2, 0) is 11.8 Å². The van der Waals surface area contributed by atoms with Crippen molar-refractivity contribution in [3.05, 3.63) is 70.0 Å². The largest absolute Gasteiger partial charge is 0.393 e. The highest BCUT2D eigenvalue weighted by atomic mass is 35.5. The molecule has 4 heteroatoms. The van der Waals surface area contributed by atoms with Crippen molar-refractivity contribution in [3.8, 4) is 0 Å². The fraction of sp³-hybridized carbons (Fsp3) is 0.478. The topological polar surface area (TPSA) is 23.5 Å². The van der Waals surface area contributed by atoms with E-state index in [0.29, 0.717) is 5.56 Å². The summed E-state index contributed by atoms with van der Waals surface area (Å²) < 4.78 is 14.0. The van der Waals surface area contributed by atoms with Gasteiger partial charge in [-0.2, -0.15) is 0 Å². The lowest BCUT2D eigenvalue weighted by molar-refractivity contribution is 0.0380. The molecule has 1 aliphatic carbocycles. The number of halogens is 2. The molecule has 0 saturated heterocycles. The SMILES string of the molecule is Cc1cc(C2(Cc3ccc(Cl)cc3)CCC(O)CC2CN(C)C)ccc1F. The smallest absolute Gasteiger partial charge is 0.126 e. The zero-order chi connectivity index (χ0) is 19.6. The van der Waals surface area contributed by atoms with Gasteiger partial charge >= 0.3 is 0 Å². The summed E-state index contributed by atoms with van der Waals surface area (Å²) in [7, 11) is 4.15. The molecule has 0 radical (unpaired) electrons. The fourth-order valence-electron chi connectivity index (χ4n) is 4.63. The van der Waals surface area contributed by atoms with E-state index in [1.54, 1.807) is 6.07 Å². The molecule has 2 aromatic carbocycles. The minimum Gasteiger partial charge on any atom is -0.393 e. The minimum atomic E-state index is -0.269. The monoisotopic (exact) mass is 389 g/mol. The Balaban J connectivity index is 2.08. The molecule has 1 saturated carbocycles. The Labute approximate surface area is 167 Å². The van der Waals surface area contributed by atoms with Gasteiger partial charge in [-0.05, 0) is 87.5 Å². The second-order valence-corrected chi connectivity index (χ2v) is 8.75. The van der Waals surface area contributed by atoms with E-state index in [0.717, 1.165) is 37.3 Å². The fourth-order valence-corrected chi connectivity index (χ4v) is 4.75. The molecule has 3 rings (SSSR count). The van der Waals surface area contributed by atoms with Crippen molar-refractivity contribution in [2.45, 2.75) is 44.1 Å². The molecule has 1 N–H and O–H groups in total. The van der Waals surface area contributed by atoms with Gasteiger partial charge in [0.25, 0.3) is 0 Å². The number of aryl methyl sites for hydroxylation is 1. The average molecular weight is 390 g/mol. The van der Waals surface area contributed by atoms with E-state index < -0.39 is 0 Å². The molecule has 0 heterocycles. The molecular weight excluding hydrogens is 361 g/mol. The molecule has 146 valence electrons. The Morgan fingerprint density at radius 3 is 2.52 bits per heavy atom. The highest BCUT2D eigenvalue weighted by Crippen LogP contribution is 2.47. The molecule has 0 bridgehead atoms. The first-order valence-corrected chi connectivity index (χ1v) is 10.0. The molecule has 2 aromatic rings. The molecule has 0 aliphatic heterocycles. The molecular formula is C23H29ClFNO. The molecule has 3 atom stereocenters. The van der Waals surface area contributed by atoms with E-state index in [9.17, 15) is 9.50 Å². The van der Waals surface area contributed by atoms with Crippen LogP contribution in [0.5, 0.6) is 0 Å². The van der Waals surface area contributed by atoms with Crippen LogP contribution in [0.3, 0.4) is 0 Å². The predicted octanol–water partition coefficient (Wildman–Crippen LogP) is 4.99. The molecule has 27 heavy (non-hydrogen) atoms. The van der Waals surface area contributed by atoms with Crippen LogP contribution in [0.1, 0.15) is 36.0 Å². The van der Waals surface area contributed by atoms with Crippen LogP contribution in [0.15, 0.2) is 42.5 Å². The van der Waals surface area contributed by atoms with E-state index in [4.69, 9.17) is 11.6 Å². The summed E-state index contributed by atoms with van der Waals surface area (Å²) in [6.07, 6.45) is 3.02. The van der Waals surface area contributed by atoms with Crippen molar-refractivity contribution in [3.63, 3.8) is 0 Å². The maximum atomic E-state index is 14.0. The van der Waals surface area contributed by atoms with Crippen LogP contribution < -0.4 is 0 Å². The standard InChI is InChI=1S/C23H29ClFNO/c1-16-12-18(6-9-22(16)25)23(14-17-4-7-20(24)8-5-17)11-10-21(27)13-19(23)15-26(2)3/h4-9,12,19,21,27H,10-11,13-15H2,1-3H3. The minimum absolute atomic E-state index is 0.129. The molecule has 1 fully saturated rings. The quantitative estimate of drug-likeness (QED) is 0.778. The zero-order valence-electron chi connectivity index (χ0n) is 16.4. The lowest BCUT2D eigenvalue weighted by Crippen LogP contribution is -2.47. The molecule has 0 aromatic heterocycles. The first-order chi connectivity index (χ1) is 12.8. The van der Waals surface area contributed by atoms with E-state index >= 15 is 0 Å². The van der Waals surface area contributed by atoms with Gasteiger partial charge < -0.3 is 10.0 Å². The van der Waals surface area contributed by atoms with Crippen LogP contribution in [0.2, 0.25) is 5.02 Å². The number of nitrogens with zero attached hydrogens (tertiary/aromatic N) is 1. The maximum Gasteiger partial charge on any atom is 0.126 e. The number of rotatable bonds is 5. The van der Waals surface area contributed by atoms with Crippen LogP contribution in [0, 0.1) is 18.7 Å². The van der Waals surface area contributed by atoms with Crippen LogP contribution >= 0.6 is 11.6 Å². The Hall–Kier alpha value is -1.42. The predicted molar refractivity (Wildman–Crippen MR) is 110 cm³/mol. The summed E-state index contributed by atoms with van der Waals surface area (Å²) in [5.74, 6) is 0.122. The van der Waals surface area contributed by atoms with E-state index in [2.05, 4.69) is 31.1 Å². The summed E-state index contributed by atoms with van der Waals surface area (Å²) in [6, 6.07) is 13.6. The van der Waals surface area contributed by atoms with Gasteiger partial charge in [0.2, 0.25) is 0 Å². The lowest BCUT2D eigenvalue weighted by atomic mass is 9.59. The van der Waals surface area contributed by atoms with Crippen LogP contribution in [-0.4, -0.2) is 36.8 Å². The Bertz CT molecular complexity index is 774. The number of hydrogen-bond acceptors (Lipinski definition) is 2. The highest BCUT2D eigenvalue weighted by molar-refractivity contribution is 6.30. The third kappa shape index (κ3) is 4.53. The van der Waals surface area contributed by atoms with Crippen molar-refractivity contribution in [2.75, 3.05) is 20.6 Å². The molecule has 0 amide bonds. The highest BCUT2D eigenvalue weighted by Gasteiger charge is 2.44. The van der Waals surface area contributed by atoms with E-state index in [1.807, 2.05) is 31.2 Å². The second kappa shape index (κ2) is 8.30. The summed E-state index contributed by atoms with van der Waals surface area (Å²) in [5.41, 5.74) is 2.95. The van der Waals surface area contributed by atoms with Crippen molar-refractivity contribution in [2.24, 2.45) is 5.92 Å². The van der Waals surface area contributed by atoms with Crippen molar-refractivity contribution < 1.29 is 9.50 Å². The molecule has 0 spiro atoms. The second-order valence-electron chi connectivity index (χ2n) is 8.31. The molecule has 2 nitrogen and oxygen atoms in total. The van der Waals surface area contributed by atoms with Crippen LogP contribution in [0.4, 0.5) is 4.39 Å². The molecule has 3 unspecified atom stereocenters. The number of benzene rings is 2. The summed E-state index contributed by atoms with van der Waals surface area (Å²) in [5, 5.41) is 11.1.